The molecule has 0 spiro atoms. The minimum atomic E-state index is -0.626. The van der Waals surface area contributed by atoms with Crippen LogP contribution in [0.5, 0.6) is 0 Å². The zero-order chi connectivity index (χ0) is 25.1. The molecule has 11 heteroatoms. The fraction of sp³-hybridized carbons (Fsp3) is 0.280. The smallest absolute Gasteiger partial charge is 0.274 e. The lowest BCUT2D eigenvalue weighted by Crippen LogP contribution is -2.29. The quantitative estimate of drug-likeness (QED) is 0.263. The SMILES string of the molecule is CNc1cccc(Nc2cc(NC3CCC(O)CC3)nn3c(C(=O)Nc4ccncc4F)ccc23)n1. The largest absolute Gasteiger partial charge is 0.393 e. The Morgan fingerprint density at radius 1 is 1.06 bits per heavy atom. The van der Waals surface area contributed by atoms with Gasteiger partial charge in [0.05, 0.1) is 29.2 Å². The molecule has 186 valence electrons. The van der Waals surface area contributed by atoms with Crippen LogP contribution in [0.4, 0.5) is 33.2 Å². The molecule has 1 aliphatic rings. The van der Waals surface area contributed by atoms with Crippen LogP contribution in [0.25, 0.3) is 5.52 Å². The molecule has 0 aromatic carbocycles. The molecule has 1 fully saturated rings. The van der Waals surface area contributed by atoms with Crippen molar-refractivity contribution in [3.8, 4) is 0 Å². The van der Waals surface area contributed by atoms with Crippen LogP contribution >= 0.6 is 0 Å². The van der Waals surface area contributed by atoms with Gasteiger partial charge >= 0.3 is 0 Å². The number of aliphatic hydroxyl groups excluding tert-OH is 1. The Morgan fingerprint density at radius 2 is 1.86 bits per heavy atom. The molecule has 4 aromatic rings. The third-order valence-electron chi connectivity index (χ3n) is 6.19. The summed E-state index contributed by atoms with van der Waals surface area (Å²) in [6, 6.07) is 12.4. The Kier molecular flexibility index (Phi) is 6.63. The van der Waals surface area contributed by atoms with E-state index in [4.69, 9.17) is 0 Å². The molecule has 1 aliphatic carbocycles. The third-order valence-corrected chi connectivity index (χ3v) is 6.19. The van der Waals surface area contributed by atoms with Gasteiger partial charge in [-0.25, -0.2) is 13.9 Å². The predicted octanol–water partition coefficient (Wildman–Crippen LogP) is 4.02. The second kappa shape index (κ2) is 10.2. The Labute approximate surface area is 207 Å². The molecule has 0 bridgehead atoms. The summed E-state index contributed by atoms with van der Waals surface area (Å²) >= 11 is 0. The lowest BCUT2D eigenvalue weighted by molar-refractivity contribution is 0.102. The van der Waals surface area contributed by atoms with Crippen molar-refractivity contribution in [2.75, 3.05) is 28.3 Å². The van der Waals surface area contributed by atoms with Crippen molar-refractivity contribution in [1.29, 1.82) is 0 Å². The molecule has 36 heavy (non-hydrogen) atoms. The van der Waals surface area contributed by atoms with E-state index in [1.165, 1.54) is 16.8 Å². The number of fused-ring (bicyclic) bond motifs is 1. The first-order valence-electron chi connectivity index (χ1n) is 11.8. The molecule has 5 rings (SSSR count). The number of halogens is 1. The van der Waals surface area contributed by atoms with Crippen molar-refractivity contribution in [2.24, 2.45) is 0 Å². The lowest BCUT2D eigenvalue weighted by atomic mass is 9.93. The van der Waals surface area contributed by atoms with E-state index in [1.54, 1.807) is 19.2 Å². The monoisotopic (exact) mass is 490 g/mol. The number of nitrogens with zero attached hydrogens (tertiary/aromatic N) is 4. The van der Waals surface area contributed by atoms with Crippen LogP contribution in [-0.4, -0.2) is 49.8 Å². The van der Waals surface area contributed by atoms with Crippen molar-refractivity contribution >= 4 is 40.3 Å². The summed E-state index contributed by atoms with van der Waals surface area (Å²) < 4.78 is 15.6. The number of nitrogens with one attached hydrogen (secondary N) is 4. The highest BCUT2D eigenvalue weighted by atomic mass is 19.1. The molecule has 1 amide bonds. The number of aromatic nitrogens is 4. The first kappa shape index (κ1) is 23.5. The highest BCUT2D eigenvalue weighted by Crippen LogP contribution is 2.28. The maximum atomic E-state index is 14.1. The molecule has 1 saturated carbocycles. The van der Waals surface area contributed by atoms with Crippen LogP contribution in [0.3, 0.4) is 0 Å². The van der Waals surface area contributed by atoms with Crippen molar-refractivity contribution in [3.05, 3.63) is 66.4 Å². The topological polar surface area (TPSA) is 128 Å². The van der Waals surface area contributed by atoms with Gasteiger partial charge in [-0.05, 0) is 56.0 Å². The van der Waals surface area contributed by atoms with Crippen molar-refractivity contribution in [2.45, 2.75) is 37.8 Å². The van der Waals surface area contributed by atoms with Gasteiger partial charge in [0.2, 0.25) is 0 Å². The Bertz CT molecular complexity index is 1380. The van der Waals surface area contributed by atoms with Gasteiger partial charge in [-0.2, -0.15) is 0 Å². The molecule has 4 aromatic heterocycles. The normalized spacial score (nSPS) is 17.5. The Hall–Kier alpha value is -4.25. The molecule has 0 unspecified atom stereocenters. The highest BCUT2D eigenvalue weighted by molar-refractivity contribution is 6.04. The van der Waals surface area contributed by atoms with Crippen LogP contribution in [0.1, 0.15) is 36.2 Å². The van der Waals surface area contributed by atoms with Crippen LogP contribution in [0.15, 0.2) is 54.9 Å². The van der Waals surface area contributed by atoms with Crippen LogP contribution in [0.2, 0.25) is 0 Å². The molecular weight excluding hydrogens is 463 g/mol. The van der Waals surface area contributed by atoms with Crippen LogP contribution < -0.4 is 21.3 Å². The van der Waals surface area contributed by atoms with E-state index < -0.39 is 11.7 Å². The van der Waals surface area contributed by atoms with Gasteiger partial charge < -0.3 is 26.4 Å². The summed E-state index contributed by atoms with van der Waals surface area (Å²) in [5.41, 5.74) is 1.62. The Morgan fingerprint density at radius 3 is 2.64 bits per heavy atom. The molecule has 0 aliphatic heterocycles. The molecule has 4 heterocycles. The van der Waals surface area contributed by atoms with Gasteiger partial charge in [0.1, 0.15) is 23.1 Å². The summed E-state index contributed by atoms with van der Waals surface area (Å²) in [6.07, 6.45) is 5.26. The molecule has 5 N–H and O–H groups in total. The minimum Gasteiger partial charge on any atom is -0.393 e. The second-order valence-electron chi connectivity index (χ2n) is 8.70. The first-order chi connectivity index (χ1) is 17.5. The standard InChI is InChI=1S/C25H27FN8O2/c1-27-22-3-2-4-23(32-22)30-19-13-24(29-15-5-7-16(35)8-6-15)33-34-20(19)9-10-21(34)25(36)31-18-11-12-28-14-17(18)26/h2-4,9-16,35H,5-8H2,1H3,(H,29,33)(H2,27,30,32)(H,28,31,36). The zero-order valence-electron chi connectivity index (χ0n) is 19.7. The van der Waals surface area contributed by atoms with Gasteiger partial charge in [-0.3, -0.25) is 9.78 Å². The number of anilines is 5. The summed E-state index contributed by atoms with van der Waals surface area (Å²) in [7, 11) is 1.80. The fourth-order valence-electron chi connectivity index (χ4n) is 4.30. The summed E-state index contributed by atoms with van der Waals surface area (Å²) in [4.78, 5) is 21.3. The van der Waals surface area contributed by atoms with E-state index in [0.717, 1.165) is 31.9 Å². The minimum absolute atomic E-state index is 0.0337. The maximum Gasteiger partial charge on any atom is 0.274 e. The highest BCUT2D eigenvalue weighted by Gasteiger charge is 2.22. The van der Waals surface area contributed by atoms with Crippen molar-refractivity contribution < 1.29 is 14.3 Å². The van der Waals surface area contributed by atoms with E-state index in [1.807, 2.05) is 24.3 Å². The summed E-state index contributed by atoms with van der Waals surface area (Å²) in [5, 5.41) is 26.9. The molecule has 10 nitrogen and oxygen atoms in total. The van der Waals surface area contributed by atoms with Crippen LogP contribution in [-0.2, 0) is 0 Å². The molecule has 0 saturated heterocycles. The number of aliphatic hydroxyl groups is 1. The maximum absolute atomic E-state index is 14.1. The Balaban J connectivity index is 1.51. The lowest BCUT2D eigenvalue weighted by Gasteiger charge is -2.26. The number of hydrogen-bond acceptors (Lipinski definition) is 8. The number of carbonyl (C=O) groups is 1. The molecule has 0 radical (unpaired) electrons. The fourth-order valence-corrected chi connectivity index (χ4v) is 4.30. The average Bonchev–Trinajstić information content (AvgIpc) is 3.31. The van der Waals surface area contributed by atoms with E-state index in [2.05, 4.69) is 36.3 Å². The van der Waals surface area contributed by atoms with Gasteiger partial charge in [-0.15, -0.1) is 5.10 Å². The molecule has 0 atom stereocenters. The zero-order valence-corrected chi connectivity index (χ0v) is 19.7. The number of amides is 1. The second-order valence-corrected chi connectivity index (χ2v) is 8.70. The van der Waals surface area contributed by atoms with Gasteiger partial charge in [-0.1, -0.05) is 6.07 Å². The van der Waals surface area contributed by atoms with Crippen molar-refractivity contribution in [1.82, 2.24) is 19.6 Å². The van der Waals surface area contributed by atoms with E-state index in [0.29, 0.717) is 28.7 Å². The summed E-state index contributed by atoms with van der Waals surface area (Å²) in [5.74, 6) is 0.759. The number of rotatable bonds is 7. The van der Waals surface area contributed by atoms with Gasteiger partial charge in [0.25, 0.3) is 5.91 Å². The number of pyridine rings is 2. The third kappa shape index (κ3) is 5.05. The van der Waals surface area contributed by atoms with Crippen molar-refractivity contribution in [3.63, 3.8) is 0 Å². The number of carbonyl (C=O) groups excluding carboxylic acids is 1. The van der Waals surface area contributed by atoms with Gasteiger partial charge in [0, 0.05) is 25.4 Å². The first-order valence-corrected chi connectivity index (χ1v) is 11.8. The average molecular weight is 491 g/mol. The van der Waals surface area contributed by atoms with Crippen LogP contribution in [0, 0.1) is 5.82 Å². The van der Waals surface area contributed by atoms with E-state index >= 15 is 0 Å². The molecular formula is C25H27FN8O2. The van der Waals surface area contributed by atoms with E-state index in [-0.39, 0.29) is 23.5 Å². The summed E-state index contributed by atoms with van der Waals surface area (Å²) in [6.45, 7) is 0. The van der Waals surface area contributed by atoms with E-state index in [9.17, 15) is 14.3 Å². The number of hydrogen-bond donors (Lipinski definition) is 5. The predicted molar refractivity (Wildman–Crippen MR) is 136 cm³/mol. The van der Waals surface area contributed by atoms with Gasteiger partial charge in [0.15, 0.2) is 5.82 Å².